The Kier molecular flexibility index (Phi) is 7.10. The predicted molar refractivity (Wildman–Crippen MR) is 155 cm³/mol. The monoisotopic (exact) mass is 538 g/mol. The molecule has 0 atom stereocenters. The number of sulfonamides is 1. The molecule has 0 fully saturated rings. The molecule has 39 heavy (non-hydrogen) atoms. The molecule has 0 radical (unpaired) electrons. The zero-order valence-electron chi connectivity index (χ0n) is 22.1. The molecule has 4 aromatic rings. The van der Waals surface area contributed by atoms with Crippen molar-refractivity contribution < 1.29 is 17.9 Å². The summed E-state index contributed by atoms with van der Waals surface area (Å²) < 4.78 is 34.2. The average Bonchev–Trinajstić information content (AvgIpc) is 2.93. The lowest BCUT2D eigenvalue weighted by Crippen LogP contribution is -2.30. The molecule has 4 aromatic carbocycles. The van der Waals surface area contributed by atoms with Crippen molar-refractivity contribution in [1.29, 1.82) is 0 Å². The molecule has 0 aromatic heterocycles. The van der Waals surface area contributed by atoms with E-state index in [1.165, 1.54) is 0 Å². The molecule has 5 rings (SSSR count). The lowest BCUT2D eigenvalue weighted by Gasteiger charge is -2.29. The number of hydrogen-bond acceptors (Lipinski definition) is 5. The largest absolute Gasteiger partial charge is 0.497 e. The van der Waals surface area contributed by atoms with Crippen LogP contribution in [0.4, 0.5) is 5.69 Å². The van der Waals surface area contributed by atoms with E-state index < -0.39 is 10.0 Å². The molecule has 0 amide bonds. The molecular weight excluding hydrogens is 508 g/mol. The maximum Gasteiger partial charge on any atom is 0.261 e. The summed E-state index contributed by atoms with van der Waals surface area (Å²) in [7, 11) is -2.23. The van der Waals surface area contributed by atoms with Crippen LogP contribution in [-0.2, 0) is 16.4 Å². The number of anilines is 1. The summed E-state index contributed by atoms with van der Waals surface area (Å²) in [6, 6.07) is 28.9. The Morgan fingerprint density at radius 2 is 1.62 bits per heavy atom. The van der Waals surface area contributed by atoms with Crippen LogP contribution in [0.5, 0.6) is 5.75 Å². The summed E-state index contributed by atoms with van der Waals surface area (Å²) in [5, 5.41) is 0. The zero-order valence-corrected chi connectivity index (χ0v) is 23.0. The number of rotatable bonds is 8. The van der Waals surface area contributed by atoms with Gasteiger partial charge < -0.3 is 4.74 Å². The molecule has 6 nitrogen and oxygen atoms in total. The fourth-order valence-corrected chi connectivity index (χ4v) is 5.90. The van der Waals surface area contributed by atoms with Gasteiger partial charge >= 0.3 is 0 Å². The van der Waals surface area contributed by atoms with Crippen molar-refractivity contribution in [3.8, 4) is 16.9 Å². The van der Waals surface area contributed by atoms with Crippen LogP contribution in [0.2, 0.25) is 0 Å². The SMILES string of the molecule is COc1ccc2c(c1)C(CC(=O)c1cccc(NS(=O)(=O)c3ccc(-c4ccccc4)cc3)c1)=NC(C)(C)C2. The third-order valence-corrected chi connectivity index (χ3v) is 8.12. The number of aliphatic imine (C=N–C) groups is 1. The fourth-order valence-electron chi connectivity index (χ4n) is 4.85. The van der Waals surface area contributed by atoms with Gasteiger partial charge in [-0.25, -0.2) is 8.42 Å². The number of fused-ring (bicyclic) bond motifs is 1. The molecule has 1 aliphatic heterocycles. The smallest absolute Gasteiger partial charge is 0.261 e. The Balaban J connectivity index is 1.35. The molecule has 0 bridgehead atoms. The van der Waals surface area contributed by atoms with Crippen LogP contribution in [0, 0.1) is 0 Å². The number of ketones is 1. The normalized spacial score (nSPS) is 14.2. The molecule has 7 heteroatoms. The second-order valence-electron chi connectivity index (χ2n) is 10.2. The minimum absolute atomic E-state index is 0.0980. The maximum absolute atomic E-state index is 13.4. The van der Waals surface area contributed by atoms with Crippen molar-refractivity contribution in [1.82, 2.24) is 0 Å². The van der Waals surface area contributed by atoms with Crippen LogP contribution in [0.25, 0.3) is 11.1 Å². The van der Waals surface area contributed by atoms with Crippen molar-refractivity contribution in [2.45, 2.75) is 37.1 Å². The third-order valence-electron chi connectivity index (χ3n) is 6.73. The quantitative estimate of drug-likeness (QED) is 0.258. The minimum atomic E-state index is -3.84. The van der Waals surface area contributed by atoms with Gasteiger partial charge in [-0.1, -0.05) is 60.7 Å². The summed E-state index contributed by atoms with van der Waals surface area (Å²) in [6.07, 6.45) is 0.869. The van der Waals surface area contributed by atoms with Crippen LogP contribution in [0.1, 0.15) is 41.8 Å². The van der Waals surface area contributed by atoms with E-state index in [1.807, 2.05) is 62.4 Å². The third kappa shape index (κ3) is 5.94. The Morgan fingerprint density at radius 1 is 0.897 bits per heavy atom. The van der Waals surface area contributed by atoms with Gasteiger partial charge in [-0.05, 0) is 73.4 Å². The van der Waals surface area contributed by atoms with E-state index in [1.54, 1.807) is 55.6 Å². The molecule has 0 saturated heterocycles. The molecule has 1 aliphatic rings. The van der Waals surface area contributed by atoms with E-state index in [0.717, 1.165) is 28.7 Å². The summed E-state index contributed by atoms with van der Waals surface area (Å²) in [4.78, 5) is 18.4. The van der Waals surface area contributed by atoms with Gasteiger partial charge in [0.2, 0.25) is 0 Å². The molecule has 1 N–H and O–H groups in total. The highest BCUT2D eigenvalue weighted by Crippen LogP contribution is 2.31. The van der Waals surface area contributed by atoms with Crippen molar-refractivity contribution >= 4 is 27.2 Å². The topological polar surface area (TPSA) is 84.8 Å². The van der Waals surface area contributed by atoms with Crippen LogP contribution in [0.3, 0.4) is 0 Å². The van der Waals surface area contributed by atoms with Crippen molar-refractivity contribution in [2.75, 3.05) is 11.8 Å². The van der Waals surface area contributed by atoms with Gasteiger partial charge in [0.15, 0.2) is 5.78 Å². The first-order chi connectivity index (χ1) is 18.6. The summed E-state index contributed by atoms with van der Waals surface area (Å²) in [5.74, 6) is 0.565. The summed E-state index contributed by atoms with van der Waals surface area (Å²) >= 11 is 0. The van der Waals surface area contributed by atoms with Gasteiger partial charge in [0.25, 0.3) is 10.0 Å². The van der Waals surface area contributed by atoms with Gasteiger partial charge in [-0.15, -0.1) is 0 Å². The Hall–Kier alpha value is -4.23. The number of nitrogens with zero attached hydrogens (tertiary/aromatic N) is 1. The summed E-state index contributed by atoms with van der Waals surface area (Å²) in [5.41, 5.74) is 5.07. The molecule has 0 saturated carbocycles. The molecule has 198 valence electrons. The number of Topliss-reactive ketones (excluding diaryl/α,β-unsaturated/α-hetero) is 1. The molecule has 0 aliphatic carbocycles. The Morgan fingerprint density at radius 3 is 2.33 bits per heavy atom. The number of carbonyl (C=O) groups excluding carboxylic acids is 1. The highest BCUT2D eigenvalue weighted by Gasteiger charge is 2.28. The van der Waals surface area contributed by atoms with E-state index in [9.17, 15) is 13.2 Å². The molecule has 0 spiro atoms. The standard InChI is InChI=1S/C32H30N2O4S/c1-32(2)21-25-12-15-27(38-3)19-29(25)30(33-32)20-31(35)24-10-7-11-26(18-24)34-39(36,37)28-16-13-23(14-17-28)22-8-5-4-6-9-22/h4-19,34H,20-21H2,1-3H3. The first-order valence-electron chi connectivity index (χ1n) is 12.7. The van der Waals surface area contributed by atoms with E-state index in [-0.39, 0.29) is 22.6 Å². The Bertz CT molecular complexity index is 1660. The van der Waals surface area contributed by atoms with Gasteiger partial charge in [-0.2, -0.15) is 0 Å². The van der Waals surface area contributed by atoms with E-state index in [0.29, 0.717) is 22.7 Å². The van der Waals surface area contributed by atoms with E-state index in [2.05, 4.69) is 4.72 Å². The predicted octanol–water partition coefficient (Wildman–Crippen LogP) is 6.56. The van der Waals surface area contributed by atoms with Crippen LogP contribution < -0.4 is 9.46 Å². The van der Waals surface area contributed by atoms with Crippen LogP contribution in [-0.4, -0.2) is 32.6 Å². The minimum Gasteiger partial charge on any atom is -0.497 e. The molecule has 0 unspecified atom stereocenters. The number of carbonyl (C=O) groups is 1. The second-order valence-corrected chi connectivity index (χ2v) is 11.9. The summed E-state index contributed by atoms with van der Waals surface area (Å²) in [6.45, 7) is 4.10. The fraction of sp³-hybridized carbons (Fsp3) is 0.188. The maximum atomic E-state index is 13.4. The number of ether oxygens (including phenoxy) is 1. The van der Waals surface area contributed by atoms with Crippen molar-refractivity contribution in [3.05, 3.63) is 114 Å². The number of nitrogens with one attached hydrogen (secondary N) is 1. The lowest BCUT2D eigenvalue weighted by molar-refractivity contribution is 0.100. The number of methoxy groups -OCH3 is 1. The van der Waals surface area contributed by atoms with Crippen molar-refractivity contribution in [3.63, 3.8) is 0 Å². The lowest BCUT2D eigenvalue weighted by atomic mass is 9.85. The van der Waals surface area contributed by atoms with Gasteiger partial charge in [0, 0.05) is 16.8 Å². The van der Waals surface area contributed by atoms with Gasteiger partial charge in [0.05, 0.1) is 29.7 Å². The first-order valence-corrected chi connectivity index (χ1v) is 14.2. The highest BCUT2D eigenvalue weighted by atomic mass is 32.2. The van der Waals surface area contributed by atoms with E-state index >= 15 is 0 Å². The van der Waals surface area contributed by atoms with Crippen molar-refractivity contribution in [2.24, 2.45) is 4.99 Å². The molecule has 1 heterocycles. The second kappa shape index (κ2) is 10.5. The Labute approximate surface area is 229 Å². The zero-order chi connectivity index (χ0) is 27.6. The van der Waals surface area contributed by atoms with Crippen LogP contribution >= 0.6 is 0 Å². The molecular formula is C32H30N2O4S. The van der Waals surface area contributed by atoms with E-state index in [4.69, 9.17) is 9.73 Å². The first kappa shape index (κ1) is 26.4. The number of hydrogen-bond donors (Lipinski definition) is 1. The van der Waals surface area contributed by atoms with Gasteiger partial charge in [-0.3, -0.25) is 14.5 Å². The van der Waals surface area contributed by atoms with Gasteiger partial charge in [0.1, 0.15) is 5.75 Å². The number of benzene rings is 4. The van der Waals surface area contributed by atoms with Crippen LogP contribution in [0.15, 0.2) is 107 Å². The average molecular weight is 539 g/mol. The highest BCUT2D eigenvalue weighted by molar-refractivity contribution is 7.92.